The number of carbonyl (C=O) groups is 3. The minimum Gasteiger partial charge on any atom is -0.461 e. The van der Waals surface area contributed by atoms with E-state index in [9.17, 15) is 14.4 Å². The maximum absolute atomic E-state index is 13.9. The Hall–Kier alpha value is -4.65. The number of carbonyl (C=O) groups excluding carboxylic acids is 3. The van der Waals surface area contributed by atoms with E-state index in [-0.39, 0.29) is 49.2 Å². The van der Waals surface area contributed by atoms with Crippen molar-refractivity contribution in [3.63, 3.8) is 0 Å². The third-order valence-electron chi connectivity index (χ3n) is 7.32. The second kappa shape index (κ2) is 12.5. The largest absolute Gasteiger partial charge is 0.461 e. The van der Waals surface area contributed by atoms with Gasteiger partial charge in [0.15, 0.2) is 0 Å². The Morgan fingerprint density at radius 1 is 0.850 bits per heavy atom. The van der Waals surface area contributed by atoms with Crippen LogP contribution in [0, 0.1) is 5.92 Å². The number of ether oxygens (including phenoxy) is 1. The monoisotopic (exact) mass is 535 g/mol. The first-order chi connectivity index (χ1) is 19.5. The normalized spacial score (nSPS) is 21.6. The Kier molecular flexibility index (Phi) is 8.40. The lowest BCUT2D eigenvalue weighted by molar-refractivity contribution is -0.143. The summed E-state index contributed by atoms with van der Waals surface area (Å²) < 4.78 is 5.51. The maximum Gasteiger partial charge on any atom is 0.309 e. The highest BCUT2D eigenvalue weighted by atomic mass is 16.5. The Labute approximate surface area is 233 Å². The molecule has 0 unspecified atom stereocenters. The van der Waals surface area contributed by atoms with Gasteiger partial charge in [0.1, 0.15) is 12.6 Å². The Balaban J connectivity index is 1.49. The van der Waals surface area contributed by atoms with E-state index in [0.717, 1.165) is 33.2 Å². The molecular weight excluding hydrogens is 502 g/mol. The summed E-state index contributed by atoms with van der Waals surface area (Å²) in [5.41, 5.74) is 4.36. The van der Waals surface area contributed by atoms with Crippen molar-refractivity contribution in [3.8, 4) is 0 Å². The fourth-order valence-electron chi connectivity index (χ4n) is 5.16. The lowest BCUT2D eigenvalue weighted by Gasteiger charge is -2.27. The summed E-state index contributed by atoms with van der Waals surface area (Å²) in [5.74, 6) is -1.03. The number of fused-ring (bicyclic) bond motifs is 2. The van der Waals surface area contributed by atoms with Crippen LogP contribution < -0.4 is 10.6 Å². The lowest BCUT2D eigenvalue weighted by atomic mass is 9.93. The Bertz CT molecular complexity index is 1530. The smallest absolute Gasteiger partial charge is 0.309 e. The van der Waals surface area contributed by atoms with Gasteiger partial charge in [0, 0.05) is 23.5 Å². The molecule has 204 valence electrons. The number of hydrogen-bond donors (Lipinski definition) is 3. The molecular formula is C33H33N3O4. The molecule has 3 aromatic carbocycles. The number of H-pyrrole nitrogens is 1. The zero-order valence-electron chi connectivity index (χ0n) is 22.4. The van der Waals surface area contributed by atoms with Crippen LogP contribution in [0.5, 0.6) is 0 Å². The first-order valence-electron chi connectivity index (χ1n) is 13.6. The van der Waals surface area contributed by atoms with Crippen molar-refractivity contribution in [2.45, 2.75) is 44.9 Å². The molecule has 4 aromatic rings. The van der Waals surface area contributed by atoms with E-state index in [2.05, 4.69) is 15.6 Å². The molecule has 7 heteroatoms. The minimum absolute atomic E-state index is 0.0593. The van der Waals surface area contributed by atoms with Crippen LogP contribution in [0.1, 0.15) is 41.6 Å². The molecule has 0 bridgehead atoms. The summed E-state index contributed by atoms with van der Waals surface area (Å²) in [4.78, 5) is 42.9. The molecule has 5 rings (SSSR count). The van der Waals surface area contributed by atoms with Crippen molar-refractivity contribution in [1.29, 1.82) is 0 Å². The first kappa shape index (κ1) is 26.9. The molecule has 2 amide bonds. The molecule has 0 saturated carbocycles. The summed E-state index contributed by atoms with van der Waals surface area (Å²) in [6.45, 7) is 2.07. The highest BCUT2D eigenvalue weighted by Crippen LogP contribution is 2.25. The number of para-hydroxylation sites is 1. The van der Waals surface area contributed by atoms with E-state index >= 15 is 0 Å². The van der Waals surface area contributed by atoms with Crippen LogP contribution in [0.25, 0.3) is 10.9 Å². The van der Waals surface area contributed by atoms with Gasteiger partial charge >= 0.3 is 5.97 Å². The number of rotatable bonds is 3. The van der Waals surface area contributed by atoms with E-state index in [1.54, 1.807) is 6.08 Å². The predicted molar refractivity (Wildman–Crippen MR) is 154 cm³/mol. The lowest BCUT2D eigenvalue weighted by Crippen LogP contribution is -2.50. The number of nitrogens with one attached hydrogen (secondary N) is 3. The topological polar surface area (TPSA) is 100 Å². The summed E-state index contributed by atoms with van der Waals surface area (Å²) in [7, 11) is 0. The van der Waals surface area contributed by atoms with Crippen LogP contribution >= 0.6 is 0 Å². The molecule has 3 atom stereocenters. The number of benzene rings is 3. The van der Waals surface area contributed by atoms with Crippen molar-refractivity contribution in [2.75, 3.05) is 0 Å². The second-order valence-corrected chi connectivity index (χ2v) is 10.2. The highest BCUT2D eigenvalue weighted by Gasteiger charge is 2.28. The average molecular weight is 536 g/mol. The van der Waals surface area contributed by atoms with E-state index in [1.165, 1.54) is 0 Å². The quantitative estimate of drug-likeness (QED) is 0.256. The summed E-state index contributed by atoms with van der Waals surface area (Å²) in [6.07, 6.45) is 6.11. The molecule has 0 fully saturated rings. The van der Waals surface area contributed by atoms with Gasteiger partial charge < -0.3 is 20.4 Å². The number of esters is 1. The van der Waals surface area contributed by atoms with Crippen LogP contribution in [0.4, 0.5) is 0 Å². The third kappa shape index (κ3) is 6.49. The summed E-state index contributed by atoms with van der Waals surface area (Å²) in [6, 6.07) is 23.8. The first-order valence-corrected chi connectivity index (χ1v) is 13.6. The van der Waals surface area contributed by atoms with E-state index in [0.29, 0.717) is 6.42 Å². The van der Waals surface area contributed by atoms with Gasteiger partial charge in [-0.1, -0.05) is 91.9 Å². The Morgan fingerprint density at radius 2 is 1.57 bits per heavy atom. The molecule has 1 aromatic heterocycles. The van der Waals surface area contributed by atoms with Crippen LogP contribution in [0.2, 0.25) is 0 Å². The van der Waals surface area contributed by atoms with E-state index in [1.807, 2.05) is 98.1 Å². The number of amides is 2. The predicted octanol–water partition coefficient (Wildman–Crippen LogP) is 4.93. The molecule has 7 nitrogen and oxygen atoms in total. The van der Waals surface area contributed by atoms with Crippen molar-refractivity contribution in [3.05, 3.63) is 119 Å². The van der Waals surface area contributed by atoms with Gasteiger partial charge in [0.25, 0.3) is 0 Å². The van der Waals surface area contributed by atoms with Gasteiger partial charge in [-0.2, -0.15) is 0 Å². The van der Waals surface area contributed by atoms with Crippen molar-refractivity contribution < 1.29 is 19.1 Å². The number of hydrogen-bond acceptors (Lipinski definition) is 4. The molecule has 1 aliphatic heterocycles. The van der Waals surface area contributed by atoms with Crippen molar-refractivity contribution in [1.82, 2.24) is 15.6 Å². The molecule has 1 aliphatic rings. The van der Waals surface area contributed by atoms with E-state index in [4.69, 9.17) is 4.74 Å². The molecule has 40 heavy (non-hydrogen) atoms. The van der Waals surface area contributed by atoms with Crippen LogP contribution in [0.3, 0.4) is 0 Å². The zero-order valence-corrected chi connectivity index (χ0v) is 22.4. The standard InChI is InChI=1S/C33H33N3O4/c1-22-10-9-17-31(38)40-21-25-14-6-5-13-24(25)19-30(37)35-29(18-26-20-34-28-16-8-7-15-27(26)28)33(39)36-32(22)23-11-3-2-4-12-23/h2-16,20,22,29,32,34H,17-19,21H2,1H3,(H,35,37)(H,36,39)/b10-9+/t22-,29+,32+/m1/s1. The summed E-state index contributed by atoms with van der Waals surface area (Å²) >= 11 is 0. The van der Waals surface area contributed by atoms with Crippen molar-refractivity contribution in [2.24, 2.45) is 5.92 Å². The van der Waals surface area contributed by atoms with Crippen LogP contribution in [-0.2, 0) is 38.6 Å². The zero-order chi connectivity index (χ0) is 27.9. The molecule has 2 heterocycles. The Morgan fingerprint density at radius 3 is 2.40 bits per heavy atom. The minimum atomic E-state index is -0.799. The second-order valence-electron chi connectivity index (χ2n) is 10.2. The molecule has 0 radical (unpaired) electrons. The van der Waals surface area contributed by atoms with Crippen LogP contribution in [0.15, 0.2) is 97.2 Å². The van der Waals surface area contributed by atoms with E-state index < -0.39 is 6.04 Å². The number of aromatic nitrogens is 1. The average Bonchev–Trinajstić information content (AvgIpc) is 3.37. The fourth-order valence-corrected chi connectivity index (χ4v) is 5.16. The van der Waals surface area contributed by atoms with Gasteiger partial charge in [-0.3, -0.25) is 14.4 Å². The molecule has 0 saturated heterocycles. The van der Waals surface area contributed by atoms with Gasteiger partial charge in [-0.05, 0) is 34.2 Å². The van der Waals surface area contributed by atoms with Gasteiger partial charge in [-0.15, -0.1) is 0 Å². The van der Waals surface area contributed by atoms with Gasteiger partial charge in [-0.25, -0.2) is 0 Å². The van der Waals surface area contributed by atoms with Gasteiger partial charge in [0.05, 0.1) is 18.9 Å². The van der Waals surface area contributed by atoms with Crippen LogP contribution in [-0.4, -0.2) is 28.8 Å². The highest BCUT2D eigenvalue weighted by molar-refractivity contribution is 5.90. The number of aromatic amines is 1. The fraction of sp³-hybridized carbons (Fsp3) is 0.242. The molecule has 3 N–H and O–H groups in total. The van der Waals surface area contributed by atoms with Gasteiger partial charge in [0.2, 0.25) is 11.8 Å². The summed E-state index contributed by atoms with van der Waals surface area (Å²) in [5, 5.41) is 7.21. The molecule has 0 aliphatic carbocycles. The SMILES string of the molecule is C[C@@H]1/C=C/CC(=O)OCc2ccccc2CC(=O)N[C@@H](Cc2c[nH]c3ccccc23)C(=O)N[C@@H]1c1ccccc1. The van der Waals surface area contributed by atoms with Crippen molar-refractivity contribution >= 4 is 28.7 Å². The third-order valence-corrected chi connectivity index (χ3v) is 7.32. The number of cyclic esters (lactones) is 1. The molecule has 0 spiro atoms. The maximum atomic E-state index is 13.9.